The SMILES string of the molecule is CC(C(=O)N1CCC(Cc2ccc(F)cc2)CC1)C1CC1. The number of nitrogens with zero attached hydrogens (tertiary/aromatic N) is 1. The molecular weight excluding hydrogens is 265 g/mol. The molecule has 21 heavy (non-hydrogen) atoms. The van der Waals surface area contributed by atoms with Crippen molar-refractivity contribution in [1.29, 1.82) is 0 Å². The van der Waals surface area contributed by atoms with Crippen molar-refractivity contribution in [3.63, 3.8) is 0 Å². The van der Waals surface area contributed by atoms with Gasteiger partial charge in [0.25, 0.3) is 0 Å². The Labute approximate surface area is 126 Å². The number of benzene rings is 1. The van der Waals surface area contributed by atoms with Crippen molar-refractivity contribution in [1.82, 2.24) is 4.90 Å². The minimum Gasteiger partial charge on any atom is -0.342 e. The van der Waals surface area contributed by atoms with E-state index in [9.17, 15) is 9.18 Å². The van der Waals surface area contributed by atoms with Gasteiger partial charge in [-0.15, -0.1) is 0 Å². The zero-order chi connectivity index (χ0) is 14.8. The Hall–Kier alpha value is -1.38. The van der Waals surface area contributed by atoms with Crippen molar-refractivity contribution < 1.29 is 9.18 Å². The fraction of sp³-hybridized carbons (Fsp3) is 0.611. The van der Waals surface area contributed by atoms with Crippen molar-refractivity contribution in [3.8, 4) is 0 Å². The van der Waals surface area contributed by atoms with Crippen LogP contribution in [0.2, 0.25) is 0 Å². The first-order valence-electron chi connectivity index (χ1n) is 8.16. The Morgan fingerprint density at radius 3 is 2.38 bits per heavy atom. The maximum atomic E-state index is 12.9. The topological polar surface area (TPSA) is 20.3 Å². The standard InChI is InChI=1S/C18H24FNO/c1-13(16-4-5-16)18(21)20-10-8-15(9-11-20)12-14-2-6-17(19)7-3-14/h2-3,6-7,13,15-16H,4-5,8-12H2,1H3. The summed E-state index contributed by atoms with van der Waals surface area (Å²) < 4.78 is 12.9. The van der Waals surface area contributed by atoms with Crippen LogP contribution in [0.5, 0.6) is 0 Å². The van der Waals surface area contributed by atoms with Crippen LogP contribution in [-0.2, 0) is 11.2 Å². The van der Waals surface area contributed by atoms with Gasteiger partial charge in [0.05, 0.1) is 0 Å². The van der Waals surface area contributed by atoms with E-state index in [0.29, 0.717) is 17.7 Å². The lowest BCUT2D eigenvalue weighted by Crippen LogP contribution is -2.42. The Morgan fingerprint density at radius 1 is 1.19 bits per heavy atom. The molecule has 1 amide bonds. The molecule has 1 atom stereocenters. The average molecular weight is 289 g/mol. The Kier molecular flexibility index (Phi) is 4.27. The lowest BCUT2D eigenvalue weighted by atomic mass is 9.89. The van der Waals surface area contributed by atoms with E-state index in [2.05, 4.69) is 11.8 Å². The molecule has 114 valence electrons. The number of hydrogen-bond acceptors (Lipinski definition) is 1. The minimum atomic E-state index is -0.173. The first kappa shape index (κ1) is 14.6. The molecule has 0 bridgehead atoms. The number of carbonyl (C=O) groups excluding carboxylic acids is 1. The average Bonchev–Trinajstić information content (AvgIpc) is 3.34. The molecule has 1 aliphatic heterocycles. The summed E-state index contributed by atoms with van der Waals surface area (Å²) in [6.07, 6.45) is 5.60. The molecule has 1 saturated carbocycles. The predicted molar refractivity (Wildman–Crippen MR) is 81.3 cm³/mol. The third-order valence-corrected chi connectivity index (χ3v) is 5.08. The number of halogens is 1. The van der Waals surface area contributed by atoms with Gasteiger partial charge in [0.15, 0.2) is 0 Å². The summed E-state index contributed by atoms with van der Waals surface area (Å²) in [7, 11) is 0. The molecule has 2 nitrogen and oxygen atoms in total. The number of piperidine rings is 1. The molecule has 3 heteroatoms. The highest BCUT2D eigenvalue weighted by molar-refractivity contribution is 5.79. The lowest BCUT2D eigenvalue weighted by Gasteiger charge is -2.33. The van der Waals surface area contributed by atoms with Crippen molar-refractivity contribution in [2.75, 3.05) is 13.1 Å². The summed E-state index contributed by atoms with van der Waals surface area (Å²) in [6.45, 7) is 3.87. The van der Waals surface area contributed by atoms with Crippen LogP contribution in [0.25, 0.3) is 0 Å². The number of likely N-dealkylation sites (tertiary alicyclic amines) is 1. The van der Waals surface area contributed by atoms with Crippen LogP contribution in [0.4, 0.5) is 4.39 Å². The third kappa shape index (κ3) is 3.63. The quantitative estimate of drug-likeness (QED) is 0.828. The fourth-order valence-electron chi connectivity index (χ4n) is 3.40. The molecule has 1 heterocycles. The number of amides is 1. The monoisotopic (exact) mass is 289 g/mol. The molecule has 0 aromatic heterocycles. The van der Waals surface area contributed by atoms with Crippen LogP contribution in [0.3, 0.4) is 0 Å². The highest BCUT2D eigenvalue weighted by atomic mass is 19.1. The maximum absolute atomic E-state index is 12.9. The van der Waals surface area contributed by atoms with Crippen molar-refractivity contribution >= 4 is 5.91 Å². The van der Waals surface area contributed by atoms with Gasteiger partial charge >= 0.3 is 0 Å². The molecule has 1 aromatic carbocycles. The summed E-state index contributed by atoms with van der Waals surface area (Å²) in [4.78, 5) is 14.4. The molecular formula is C18H24FNO. The van der Waals surface area contributed by atoms with Crippen molar-refractivity contribution in [2.24, 2.45) is 17.8 Å². The molecule has 1 unspecified atom stereocenters. The van der Waals surface area contributed by atoms with Crippen LogP contribution in [0.1, 0.15) is 38.2 Å². The summed E-state index contributed by atoms with van der Waals surface area (Å²) in [5.74, 6) is 1.68. The minimum absolute atomic E-state index is 0.173. The van der Waals surface area contributed by atoms with Gasteiger partial charge < -0.3 is 4.90 Å². The molecule has 1 aromatic rings. The molecule has 2 aliphatic rings. The fourth-order valence-corrected chi connectivity index (χ4v) is 3.40. The van der Waals surface area contributed by atoms with E-state index >= 15 is 0 Å². The van der Waals surface area contributed by atoms with Gasteiger partial charge in [-0.1, -0.05) is 19.1 Å². The van der Waals surface area contributed by atoms with E-state index < -0.39 is 0 Å². The molecule has 0 radical (unpaired) electrons. The predicted octanol–water partition coefficient (Wildman–Crippen LogP) is 3.65. The van der Waals surface area contributed by atoms with E-state index in [1.54, 1.807) is 0 Å². The zero-order valence-corrected chi connectivity index (χ0v) is 12.7. The molecule has 0 N–H and O–H groups in total. The second-order valence-electron chi connectivity index (χ2n) is 6.73. The maximum Gasteiger partial charge on any atom is 0.225 e. The van der Waals surface area contributed by atoms with E-state index in [-0.39, 0.29) is 11.7 Å². The lowest BCUT2D eigenvalue weighted by molar-refractivity contribution is -0.137. The first-order valence-corrected chi connectivity index (χ1v) is 8.16. The molecule has 1 aliphatic carbocycles. The normalized spacial score (nSPS) is 21.3. The van der Waals surface area contributed by atoms with Gasteiger partial charge in [-0.05, 0) is 61.6 Å². The summed E-state index contributed by atoms with van der Waals surface area (Å²) in [5.41, 5.74) is 1.20. The highest BCUT2D eigenvalue weighted by Gasteiger charge is 2.35. The summed E-state index contributed by atoms with van der Waals surface area (Å²) in [5, 5.41) is 0. The molecule has 3 rings (SSSR count). The smallest absolute Gasteiger partial charge is 0.225 e. The van der Waals surface area contributed by atoms with Crippen LogP contribution in [-0.4, -0.2) is 23.9 Å². The van der Waals surface area contributed by atoms with Crippen molar-refractivity contribution in [2.45, 2.75) is 39.0 Å². The molecule has 1 saturated heterocycles. The largest absolute Gasteiger partial charge is 0.342 e. The van der Waals surface area contributed by atoms with E-state index in [0.717, 1.165) is 32.4 Å². The van der Waals surface area contributed by atoms with Crippen LogP contribution in [0, 0.1) is 23.6 Å². The van der Waals surface area contributed by atoms with Crippen LogP contribution < -0.4 is 0 Å². The third-order valence-electron chi connectivity index (χ3n) is 5.08. The van der Waals surface area contributed by atoms with Gasteiger partial charge in [0.2, 0.25) is 5.91 Å². The van der Waals surface area contributed by atoms with Crippen LogP contribution in [0.15, 0.2) is 24.3 Å². The Balaban J connectivity index is 1.48. The number of carbonyl (C=O) groups is 1. The van der Waals surface area contributed by atoms with E-state index in [1.807, 2.05) is 12.1 Å². The second kappa shape index (κ2) is 6.17. The Morgan fingerprint density at radius 2 is 1.81 bits per heavy atom. The number of rotatable bonds is 4. The molecule has 0 spiro atoms. The second-order valence-corrected chi connectivity index (χ2v) is 6.73. The van der Waals surface area contributed by atoms with Gasteiger partial charge in [-0.2, -0.15) is 0 Å². The zero-order valence-electron chi connectivity index (χ0n) is 12.7. The van der Waals surface area contributed by atoms with E-state index in [1.165, 1.54) is 30.5 Å². The number of hydrogen-bond donors (Lipinski definition) is 0. The van der Waals surface area contributed by atoms with Gasteiger partial charge in [-0.3, -0.25) is 4.79 Å². The van der Waals surface area contributed by atoms with Crippen molar-refractivity contribution in [3.05, 3.63) is 35.6 Å². The van der Waals surface area contributed by atoms with Crippen LogP contribution >= 0.6 is 0 Å². The summed E-state index contributed by atoms with van der Waals surface area (Å²) >= 11 is 0. The first-order chi connectivity index (χ1) is 10.1. The van der Waals surface area contributed by atoms with Gasteiger partial charge in [0, 0.05) is 19.0 Å². The van der Waals surface area contributed by atoms with E-state index in [4.69, 9.17) is 0 Å². The van der Waals surface area contributed by atoms with Gasteiger partial charge in [-0.25, -0.2) is 4.39 Å². The highest BCUT2D eigenvalue weighted by Crippen LogP contribution is 2.38. The summed E-state index contributed by atoms with van der Waals surface area (Å²) in [6, 6.07) is 6.82. The molecule has 2 fully saturated rings. The van der Waals surface area contributed by atoms with Gasteiger partial charge in [0.1, 0.15) is 5.82 Å². The Bertz CT molecular complexity index is 486.